The molecule has 32 valence electrons. The Morgan fingerprint density at radius 3 is 2.00 bits per heavy atom. The Morgan fingerprint density at radius 2 is 2.00 bits per heavy atom. The summed E-state index contributed by atoms with van der Waals surface area (Å²) in [5, 5.41) is 9.14. The zero-order valence-electron chi connectivity index (χ0n) is 3.10. The number of hydrogen-bond acceptors (Lipinski definition) is 2. The van der Waals surface area contributed by atoms with Gasteiger partial charge in [0.25, 0.3) is 0 Å². The van der Waals surface area contributed by atoms with E-state index in [4.69, 9.17) is 9.90 Å². The van der Waals surface area contributed by atoms with Crippen LogP contribution in [0.5, 0.6) is 0 Å². The minimum atomic E-state index is -1.23. The molecule has 0 spiro atoms. The first kappa shape index (κ1) is 9.38. The second kappa shape index (κ2) is 5.01. The van der Waals surface area contributed by atoms with Gasteiger partial charge in [-0.05, 0) is 6.08 Å². The van der Waals surface area contributed by atoms with E-state index in [1.165, 1.54) is 0 Å². The molecule has 0 bridgehead atoms. The largest absolute Gasteiger partial charge is 0.545 e. The van der Waals surface area contributed by atoms with Crippen molar-refractivity contribution in [2.45, 2.75) is 0 Å². The van der Waals surface area contributed by atoms with Crippen LogP contribution in [0.2, 0.25) is 0 Å². The molecule has 4 radical (unpaired) electrons. The number of rotatable bonds is 1. The molecule has 6 heavy (non-hydrogen) atoms. The van der Waals surface area contributed by atoms with E-state index in [0.29, 0.717) is 0 Å². The molecule has 0 aromatic carbocycles. The zero-order chi connectivity index (χ0) is 4.28. The molecule has 0 aliphatic carbocycles. The molecule has 2 nitrogen and oxygen atoms in total. The molecule has 0 saturated carbocycles. The van der Waals surface area contributed by atoms with E-state index in [2.05, 4.69) is 6.58 Å². The SMILES string of the molecule is C=CC(=O)[O-].[Sn]. The van der Waals surface area contributed by atoms with Crippen LogP contribution in [0.4, 0.5) is 0 Å². The van der Waals surface area contributed by atoms with Crippen LogP contribution in [0.3, 0.4) is 0 Å². The number of carbonyl (C=O) groups is 1. The van der Waals surface area contributed by atoms with Gasteiger partial charge in [0.2, 0.25) is 0 Å². The van der Waals surface area contributed by atoms with Gasteiger partial charge in [0.15, 0.2) is 0 Å². The Balaban J connectivity index is 0. The molecular weight excluding hydrogens is 187 g/mol. The van der Waals surface area contributed by atoms with Gasteiger partial charge in [0.1, 0.15) is 0 Å². The third kappa shape index (κ3) is 8.99. The van der Waals surface area contributed by atoms with Crippen molar-refractivity contribution in [3.05, 3.63) is 12.7 Å². The maximum atomic E-state index is 9.14. The first-order valence-corrected chi connectivity index (χ1v) is 1.11. The molecule has 0 N–H and O–H groups in total. The van der Waals surface area contributed by atoms with Crippen molar-refractivity contribution in [2.24, 2.45) is 0 Å². The topological polar surface area (TPSA) is 40.1 Å². The molecular formula is C3H3O2Sn-. The molecule has 0 amide bonds. The maximum absolute atomic E-state index is 9.14. The third-order valence-corrected chi connectivity index (χ3v) is 0.167. The number of carbonyl (C=O) groups excluding carboxylic acids is 1. The second-order valence-corrected chi connectivity index (χ2v) is 0.523. The van der Waals surface area contributed by atoms with Gasteiger partial charge in [0, 0.05) is 23.9 Å². The van der Waals surface area contributed by atoms with Crippen LogP contribution in [0.25, 0.3) is 0 Å². The average Bonchev–Trinajstić information content (AvgIpc) is 1.38. The van der Waals surface area contributed by atoms with Crippen molar-refractivity contribution in [2.75, 3.05) is 0 Å². The standard InChI is InChI=1S/C3H4O2.Sn/c1-2-3(4)5;/h2H,1H2,(H,4,5);/p-1. The molecule has 0 aliphatic heterocycles. The molecule has 0 unspecified atom stereocenters. The van der Waals surface area contributed by atoms with Crippen molar-refractivity contribution in [3.63, 3.8) is 0 Å². The van der Waals surface area contributed by atoms with E-state index in [0.717, 1.165) is 6.08 Å². The maximum Gasteiger partial charge on any atom is 0.0636 e. The fourth-order valence-corrected chi connectivity index (χ4v) is 0. The zero-order valence-corrected chi connectivity index (χ0v) is 5.96. The molecule has 0 aromatic rings. The van der Waals surface area contributed by atoms with Crippen molar-refractivity contribution in [1.82, 2.24) is 0 Å². The van der Waals surface area contributed by atoms with Gasteiger partial charge in [0.05, 0.1) is 5.97 Å². The molecule has 0 saturated heterocycles. The minimum Gasteiger partial charge on any atom is -0.545 e. The quantitative estimate of drug-likeness (QED) is 0.374. The first-order chi connectivity index (χ1) is 2.27. The number of hydrogen-bond donors (Lipinski definition) is 0. The summed E-state index contributed by atoms with van der Waals surface area (Å²) in [6.45, 7) is 2.90. The van der Waals surface area contributed by atoms with Crippen molar-refractivity contribution >= 4 is 29.9 Å². The molecule has 0 atom stereocenters. The molecule has 0 fully saturated rings. The van der Waals surface area contributed by atoms with E-state index in [1.54, 1.807) is 0 Å². The van der Waals surface area contributed by atoms with Gasteiger partial charge in [-0.1, -0.05) is 6.58 Å². The Bertz CT molecular complexity index is 59.8. The summed E-state index contributed by atoms with van der Waals surface area (Å²) in [6, 6.07) is 0. The average molecular weight is 190 g/mol. The molecule has 0 aromatic heterocycles. The fraction of sp³-hybridized carbons (Fsp3) is 0. The molecule has 0 rings (SSSR count). The van der Waals surface area contributed by atoms with Crippen LogP contribution in [-0.4, -0.2) is 29.9 Å². The summed E-state index contributed by atoms with van der Waals surface area (Å²) in [4.78, 5) is 9.14. The fourth-order valence-electron chi connectivity index (χ4n) is 0. The van der Waals surface area contributed by atoms with Gasteiger partial charge in [-0.3, -0.25) is 0 Å². The van der Waals surface area contributed by atoms with Crippen molar-refractivity contribution in [1.29, 1.82) is 0 Å². The monoisotopic (exact) mass is 191 g/mol. The van der Waals surface area contributed by atoms with Crippen LogP contribution < -0.4 is 5.11 Å². The van der Waals surface area contributed by atoms with Gasteiger partial charge in [-0.15, -0.1) is 0 Å². The summed E-state index contributed by atoms with van der Waals surface area (Å²) in [5.41, 5.74) is 0. The summed E-state index contributed by atoms with van der Waals surface area (Å²) < 4.78 is 0. The second-order valence-electron chi connectivity index (χ2n) is 0.523. The molecule has 0 heterocycles. The summed E-state index contributed by atoms with van der Waals surface area (Å²) >= 11 is 0. The van der Waals surface area contributed by atoms with Crippen LogP contribution in [0, 0.1) is 0 Å². The van der Waals surface area contributed by atoms with E-state index in [-0.39, 0.29) is 23.9 Å². The Morgan fingerprint density at radius 1 is 1.83 bits per heavy atom. The number of carboxylic acid groups (broad SMARTS) is 1. The minimum absolute atomic E-state index is 0. The number of aliphatic carboxylic acids is 1. The van der Waals surface area contributed by atoms with E-state index in [9.17, 15) is 0 Å². The Kier molecular flexibility index (Phi) is 7.83. The van der Waals surface area contributed by atoms with E-state index >= 15 is 0 Å². The Hall–Kier alpha value is 0.00870. The van der Waals surface area contributed by atoms with Gasteiger partial charge >= 0.3 is 0 Å². The normalized spacial score (nSPS) is 5.33. The third-order valence-electron chi connectivity index (χ3n) is 0.167. The summed E-state index contributed by atoms with van der Waals surface area (Å²) in [5.74, 6) is -1.23. The summed E-state index contributed by atoms with van der Waals surface area (Å²) in [7, 11) is 0. The predicted octanol–water partition coefficient (Wildman–Crippen LogP) is -1.46. The summed E-state index contributed by atoms with van der Waals surface area (Å²) in [6.07, 6.45) is 0.722. The van der Waals surface area contributed by atoms with Crippen LogP contribution >= 0.6 is 0 Å². The van der Waals surface area contributed by atoms with E-state index in [1.807, 2.05) is 0 Å². The van der Waals surface area contributed by atoms with E-state index < -0.39 is 5.97 Å². The van der Waals surface area contributed by atoms with Crippen LogP contribution in [0.15, 0.2) is 12.7 Å². The van der Waals surface area contributed by atoms with Gasteiger partial charge in [-0.25, -0.2) is 0 Å². The predicted molar refractivity (Wildman–Crippen MR) is 21.0 cm³/mol. The number of carboxylic acids is 1. The van der Waals surface area contributed by atoms with Crippen LogP contribution in [0.1, 0.15) is 0 Å². The van der Waals surface area contributed by atoms with Gasteiger partial charge in [-0.2, -0.15) is 0 Å². The van der Waals surface area contributed by atoms with Gasteiger partial charge < -0.3 is 9.90 Å². The Labute approximate surface area is 52.8 Å². The van der Waals surface area contributed by atoms with Crippen molar-refractivity contribution in [3.8, 4) is 0 Å². The van der Waals surface area contributed by atoms with Crippen LogP contribution in [-0.2, 0) is 4.79 Å². The molecule has 3 heteroatoms. The molecule has 0 aliphatic rings. The van der Waals surface area contributed by atoms with Crippen molar-refractivity contribution < 1.29 is 9.90 Å². The smallest absolute Gasteiger partial charge is 0.0636 e. The first-order valence-electron chi connectivity index (χ1n) is 1.11.